The van der Waals surface area contributed by atoms with Gasteiger partial charge in [0.25, 0.3) is 0 Å². The summed E-state index contributed by atoms with van der Waals surface area (Å²) in [4.78, 5) is 10.4. The van der Waals surface area contributed by atoms with Crippen molar-refractivity contribution < 1.29 is 0 Å². The first-order valence-electron chi connectivity index (χ1n) is 6.51. The molecule has 0 atom stereocenters. The van der Waals surface area contributed by atoms with E-state index in [1.54, 1.807) is 11.3 Å². The summed E-state index contributed by atoms with van der Waals surface area (Å²) in [5.41, 5.74) is 2.69. The van der Waals surface area contributed by atoms with Crippen molar-refractivity contribution in [1.82, 2.24) is 9.97 Å². The second-order valence-electron chi connectivity index (χ2n) is 4.58. The molecule has 2 heterocycles. The largest absolute Gasteiger partial charge is 0.364 e. The third-order valence-electron chi connectivity index (χ3n) is 3.30. The predicted molar refractivity (Wildman–Crippen MR) is 75.1 cm³/mol. The van der Waals surface area contributed by atoms with Gasteiger partial charge in [0, 0.05) is 16.8 Å². The van der Waals surface area contributed by atoms with E-state index in [-0.39, 0.29) is 0 Å². The molecule has 1 aliphatic rings. The minimum Gasteiger partial charge on any atom is -0.364 e. The fourth-order valence-electron chi connectivity index (χ4n) is 2.28. The molecule has 0 aromatic carbocycles. The van der Waals surface area contributed by atoms with Crippen LogP contribution in [0.2, 0.25) is 0 Å². The van der Waals surface area contributed by atoms with Crippen LogP contribution in [-0.2, 0) is 25.8 Å². The molecule has 4 heteroatoms. The number of aryl methyl sites for hydroxylation is 3. The number of thiazole rings is 1. The number of nitrogens with one attached hydrogen (secondary N) is 1. The van der Waals surface area contributed by atoms with Crippen LogP contribution >= 0.6 is 11.3 Å². The number of nitrogens with zero attached hydrogens (tertiary/aromatic N) is 2. The van der Waals surface area contributed by atoms with Gasteiger partial charge >= 0.3 is 0 Å². The zero-order valence-corrected chi connectivity index (χ0v) is 11.4. The van der Waals surface area contributed by atoms with Crippen molar-refractivity contribution in [2.24, 2.45) is 0 Å². The van der Waals surface area contributed by atoms with Crippen molar-refractivity contribution in [2.75, 3.05) is 5.32 Å². The lowest BCUT2D eigenvalue weighted by Crippen LogP contribution is -2.02. The maximum absolute atomic E-state index is 4.66. The molecule has 2 aromatic rings. The van der Waals surface area contributed by atoms with E-state index in [1.807, 2.05) is 6.20 Å². The van der Waals surface area contributed by atoms with Gasteiger partial charge in [0.2, 0.25) is 0 Å². The predicted octanol–water partition coefficient (Wildman–Crippen LogP) is 3.20. The van der Waals surface area contributed by atoms with E-state index in [1.165, 1.54) is 29.0 Å². The van der Waals surface area contributed by atoms with Crippen LogP contribution < -0.4 is 5.32 Å². The lowest BCUT2D eigenvalue weighted by Gasteiger charge is -2.05. The molecular weight excluding hydrogens is 242 g/mol. The van der Waals surface area contributed by atoms with E-state index >= 15 is 0 Å². The fourth-order valence-corrected chi connectivity index (χ4v) is 3.08. The molecule has 3 rings (SSSR count). The second kappa shape index (κ2) is 5.06. The van der Waals surface area contributed by atoms with Crippen LogP contribution in [0.5, 0.6) is 0 Å². The molecule has 2 aromatic heterocycles. The van der Waals surface area contributed by atoms with Gasteiger partial charge in [0.1, 0.15) is 10.8 Å². The SMILES string of the molecule is CCc1cnc(CNc2ccc3c(n2)CCC3)s1. The Hall–Kier alpha value is -1.42. The minimum absolute atomic E-state index is 0.774. The van der Waals surface area contributed by atoms with Gasteiger partial charge in [-0.2, -0.15) is 0 Å². The molecule has 1 N–H and O–H groups in total. The van der Waals surface area contributed by atoms with Gasteiger partial charge in [-0.1, -0.05) is 13.0 Å². The Balaban J connectivity index is 1.66. The molecule has 0 aliphatic heterocycles. The summed E-state index contributed by atoms with van der Waals surface area (Å²) in [6.07, 6.45) is 6.60. The van der Waals surface area contributed by atoms with Crippen LogP contribution in [0.4, 0.5) is 5.82 Å². The third-order valence-corrected chi connectivity index (χ3v) is 4.44. The normalized spacial score (nSPS) is 13.6. The van der Waals surface area contributed by atoms with Crippen molar-refractivity contribution in [3.05, 3.63) is 39.5 Å². The van der Waals surface area contributed by atoms with E-state index in [9.17, 15) is 0 Å². The topological polar surface area (TPSA) is 37.8 Å². The summed E-state index contributed by atoms with van der Waals surface area (Å²) >= 11 is 1.78. The van der Waals surface area contributed by atoms with Crippen molar-refractivity contribution in [3.63, 3.8) is 0 Å². The molecule has 0 bridgehead atoms. The van der Waals surface area contributed by atoms with E-state index in [4.69, 9.17) is 0 Å². The Morgan fingerprint density at radius 2 is 2.28 bits per heavy atom. The maximum Gasteiger partial charge on any atom is 0.126 e. The molecule has 0 spiro atoms. The van der Waals surface area contributed by atoms with Crippen molar-refractivity contribution in [2.45, 2.75) is 39.2 Å². The number of fused-ring (bicyclic) bond motifs is 1. The van der Waals surface area contributed by atoms with Crippen molar-refractivity contribution in [3.8, 4) is 0 Å². The first-order chi connectivity index (χ1) is 8.85. The van der Waals surface area contributed by atoms with Crippen LogP contribution in [0.15, 0.2) is 18.3 Å². The average molecular weight is 259 g/mol. The lowest BCUT2D eigenvalue weighted by molar-refractivity contribution is 0.899. The highest BCUT2D eigenvalue weighted by atomic mass is 32.1. The van der Waals surface area contributed by atoms with Gasteiger partial charge in [-0.05, 0) is 37.3 Å². The van der Waals surface area contributed by atoms with Crippen LogP contribution in [0, 0.1) is 0 Å². The first-order valence-corrected chi connectivity index (χ1v) is 7.33. The summed E-state index contributed by atoms with van der Waals surface area (Å²) in [5.74, 6) is 0.976. The van der Waals surface area contributed by atoms with Gasteiger partial charge in [-0.15, -0.1) is 11.3 Å². The van der Waals surface area contributed by atoms with Crippen molar-refractivity contribution in [1.29, 1.82) is 0 Å². The Morgan fingerprint density at radius 3 is 3.11 bits per heavy atom. The molecular formula is C14H17N3S. The molecule has 0 radical (unpaired) electrons. The molecule has 18 heavy (non-hydrogen) atoms. The van der Waals surface area contributed by atoms with Crippen molar-refractivity contribution >= 4 is 17.2 Å². The summed E-state index contributed by atoms with van der Waals surface area (Å²) in [6, 6.07) is 4.29. The molecule has 0 fully saturated rings. The Morgan fingerprint density at radius 1 is 1.33 bits per heavy atom. The Bertz CT molecular complexity index is 548. The molecule has 0 unspecified atom stereocenters. The molecule has 3 nitrogen and oxygen atoms in total. The number of rotatable bonds is 4. The summed E-state index contributed by atoms with van der Waals surface area (Å²) in [5, 5.41) is 4.50. The van der Waals surface area contributed by atoms with Gasteiger partial charge < -0.3 is 5.32 Å². The van der Waals surface area contributed by atoms with Crippen LogP contribution in [-0.4, -0.2) is 9.97 Å². The first kappa shape index (κ1) is 11.7. The van der Waals surface area contributed by atoms with Gasteiger partial charge in [-0.25, -0.2) is 9.97 Å². The summed E-state index contributed by atoms with van der Waals surface area (Å²) in [7, 11) is 0. The molecule has 0 amide bonds. The third kappa shape index (κ3) is 2.38. The second-order valence-corrected chi connectivity index (χ2v) is 5.78. The monoisotopic (exact) mass is 259 g/mol. The van der Waals surface area contributed by atoms with Crippen LogP contribution in [0.1, 0.15) is 34.5 Å². The zero-order valence-electron chi connectivity index (χ0n) is 10.6. The number of hydrogen-bond acceptors (Lipinski definition) is 4. The van der Waals surface area contributed by atoms with E-state index < -0.39 is 0 Å². The maximum atomic E-state index is 4.66. The molecule has 0 saturated heterocycles. The minimum atomic E-state index is 0.774. The van der Waals surface area contributed by atoms with E-state index in [2.05, 4.69) is 34.3 Å². The van der Waals surface area contributed by atoms with E-state index in [0.717, 1.165) is 30.2 Å². The molecule has 0 saturated carbocycles. The standard InChI is InChI=1S/C14H17N3S/c1-2-11-8-16-14(18-11)9-15-13-7-6-10-4-3-5-12(10)17-13/h6-8H,2-5,9H2,1H3,(H,15,17). The Labute approximate surface area is 111 Å². The summed E-state index contributed by atoms with van der Waals surface area (Å²) < 4.78 is 0. The highest BCUT2D eigenvalue weighted by Crippen LogP contribution is 2.22. The summed E-state index contributed by atoms with van der Waals surface area (Å²) in [6.45, 7) is 2.93. The number of hydrogen-bond donors (Lipinski definition) is 1. The van der Waals surface area contributed by atoms with Crippen LogP contribution in [0.3, 0.4) is 0 Å². The fraction of sp³-hybridized carbons (Fsp3) is 0.429. The van der Waals surface area contributed by atoms with Crippen LogP contribution in [0.25, 0.3) is 0 Å². The lowest BCUT2D eigenvalue weighted by atomic mass is 10.2. The smallest absolute Gasteiger partial charge is 0.126 e. The highest BCUT2D eigenvalue weighted by molar-refractivity contribution is 7.11. The van der Waals surface area contributed by atoms with Gasteiger partial charge in [-0.3, -0.25) is 0 Å². The van der Waals surface area contributed by atoms with Gasteiger partial charge in [0.15, 0.2) is 0 Å². The number of anilines is 1. The zero-order chi connectivity index (χ0) is 12.4. The van der Waals surface area contributed by atoms with E-state index in [0.29, 0.717) is 0 Å². The highest BCUT2D eigenvalue weighted by Gasteiger charge is 2.12. The number of pyridine rings is 1. The Kier molecular flexibility index (Phi) is 3.28. The average Bonchev–Trinajstić information content (AvgIpc) is 3.04. The van der Waals surface area contributed by atoms with Gasteiger partial charge in [0.05, 0.1) is 6.54 Å². The quantitative estimate of drug-likeness (QED) is 0.916. The number of aromatic nitrogens is 2. The molecule has 1 aliphatic carbocycles. The molecule has 94 valence electrons.